The van der Waals surface area contributed by atoms with Gasteiger partial charge < -0.3 is 14.6 Å². The van der Waals surface area contributed by atoms with Crippen LogP contribution in [0.25, 0.3) is 0 Å². The molecule has 2 unspecified atom stereocenters. The first-order valence-electron chi connectivity index (χ1n) is 6.88. The fourth-order valence-corrected chi connectivity index (χ4v) is 2.20. The van der Waals surface area contributed by atoms with E-state index in [1.54, 1.807) is 7.11 Å². The van der Waals surface area contributed by atoms with Gasteiger partial charge >= 0.3 is 0 Å². The molecule has 5 heteroatoms. The Morgan fingerprint density at radius 2 is 2.33 bits per heavy atom. The number of rotatable bonds is 5. The van der Waals surface area contributed by atoms with Crippen molar-refractivity contribution in [1.29, 1.82) is 0 Å². The van der Waals surface area contributed by atoms with Gasteiger partial charge in [0.05, 0.1) is 12.1 Å². The first-order chi connectivity index (χ1) is 8.79. The number of ether oxygens (including phenoxy) is 1. The molecule has 0 amide bonds. The average Bonchev–Trinajstić information content (AvgIpc) is 2.69. The number of methoxy groups -OCH3 is 1. The van der Waals surface area contributed by atoms with E-state index in [0.29, 0.717) is 0 Å². The van der Waals surface area contributed by atoms with E-state index >= 15 is 0 Å². The SMILES string of the molecule is COC(C)CCc1nc(C2CCCCCN2)no1. The van der Waals surface area contributed by atoms with Crippen molar-refractivity contribution in [1.82, 2.24) is 15.5 Å². The molecule has 0 bridgehead atoms. The zero-order valence-electron chi connectivity index (χ0n) is 11.3. The van der Waals surface area contributed by atoms with Crippen LogP contribution in [0.15, 0.2) is 4.52 Å². The van der Waals surface area contributed by atoms with E-state index in [1.165, 1.54) is 19.3 Å². The molecule has 1 aliphatic heterocycles. The van der Waals surface area contributed by atoms with Gasteiger partial charge in [0, 0.05) is 13.5 Å². The Morgan fingerprint density at radius 3 is 3.17 bits per heavy atom. The zero-order valence-corrected chi connectivity index (χ0v) is 11.3. The summed E-state index contributed by atoms with van der Waals surface area (Å²) in [5.74, 6) is 1.54. The summed E-state index contributed by atoms with van der Waals surface area (Å²) >= 11 is 0. The lowest BCUT2D eigenvalue weighted by molar-refractivity contribution is 0.109. The monoisotopic (exact) mass is 253 g/mol. The van der Waals surface area contributed by atoms with Gasteiger partial charge in [-0.3, -0.25) is 0 Å². The van der Waals surface area contributed by atoms with E-state index in [2.05, 4.69) is 15.5 Å². The third-order valence-electron chi connectivity index (χ3n) is 3.52. The van der Waals surface area contributed by atoms with E-state index in [-0.39, 0.29) is 12.1 Å². The molecule has 0 aliphatic carbocycles. The van der Waals surface area contributed by atoms with Crippen molar-refractivity contribution in [2.45, 2.75) is 57.6 Å². The molecular formula is C13H23N3O2. The van der Waals surface area contributed by atoms with Gasteiger partial charge in [0.25, 0.3) is 0 Å². The second-order valence-electron chi connectivity index (χ2n) is 4.99. The van der Waals surface area contributed by atoms with E-state index in [1.807, 2.05) is 6.92 Å². The molecule has 0 spiro atoms. The summed E-state index contributed by atoms with van der Waals surface area (Å²) in [5, 5.41) is 7.57. The van der Waals surface area contributed by atoms with Gasteiger partial charge in [0.15, 0.2) is 5.82 Å². The van der Waals surface area contributed by atoms with Crippen molar-refractivity contribution in [3.63, 3.8) is 0 Å². The number of aryl methyl sites for hydroxylation is 1. The molecule has 0 saturated carbocycles. The standard InChI is InChI=1S/C13H23N3O2/c1-10(17-2)7-8-12-15-13(16-18-12)11-6-4-3-5-9-14-11/h10-11,14H,3-9H2,1-2H3. The normalized spacial score (nSPS) is 22.7. The Hall–Kier alpha value is -0.940. The van der Waals surface area contributed by atoms with Gasteiger partial charge in [-0.25, -0.2) is 0 Å². The maximum Gasteiger partial charge on any atom is 0.226 e. The zero-order chi connectivity index (χ0) is 12.8. The van der Waals surface area contributed by atoms with Crippen LogP contribution in [0.1, 0.15) is 56.8 Å². The molecule has 1 aromatic heterocycles. The Morgan fingerprint density at radius 1 is 1.44 bits per heavy atom. The maximum absolute atomic E-state index is 5.30. The summed E-state index contributed by atoms with van der Waals surface area (Å²) in [6, 6.07) is 0.268. The molecule has 2 atom stereocenters. The van der Waals surface area contributed by atoms with Gasteiger partial charge in [-0.1, -0.05) is 18.0 Å². The van der Waals surface area contributed by atoms with Crippen molar-refractivity contribution in [2.24, 2.45) is 0 Å². The first-order valence-corrected chi connectivity index (χ1v) is 6.88. The van der Waals surface area contributed by atoms with Gasteiger partial charge in [-0.05, 0) is 32.7 Å². The quantitative estimate of drug-likeness (QED) is 0.872. The van der Waals surface area contributed by atoms with Crippen LogP contribution in [0.4, 0.5) is 0 Å². The van der Waals surface area contributed by atoms with Crippen LogP contribution in [0.3, 0.4) is 0 Å². The van der Waals surface area contributed by atoms with Crippen LogP contribution >= 0.6 is 0 Å². The second-order valence-corrected chi connectivity index (χ2v) is 4.99. The van der Waals surface area contributed by atoms with E-state index < -0.39 is 0 Å². The number of nitrogens with one attached hydrogen (secondary N) is 1. The molecule has 1 saturated heterocycles. The highest BCUT2D eigenvalue weighted by Gasteiger charge is 2.19. The van der Waals surface area contributed by atoms with Crippen molar-refractivity contribution in [3.8, 4) is 0 Å². The first kappa shape index (κ1) is 13.5. The third kappa shape index (κ3) is 3.78. The van der Waals surface area contributed by atoms with Gasteiger partial charge in [-0.15, -0.1) is 0 Å². The minimum absolute atomic E-state index is 0.233. The number of hydrogen-bond acceptors (Lipinski definition) is 5. The summed E-state index contributed by atoms with van der Waals surface area (Å²) in [4.78, 5) is 4.49. The van der Waals surface area contributed by atoms with Crippen molar-refractivity contribution in [3.05, 3.63) is 11.7 Å². The van der Waals surface area contributed by atoms with Crippen LogP contribution in [0.2, 0.25) is 0 Å². The average molecular weight is 253 g/mol. The Balaban J connectivity index is 1.88. The van der Waals surface area contributed by atoms with Crippen molar-refractivity contribution < 1.29 is 9.26 Å². The number of nitrogens with zero attached hydrogens (tertiary/aromatic N) is 2. The molecule has 2 heterocycles. The summed E-state index contributed by atoms with van der Waals surface area (Å²) in [6.45, 7) is 3.10. The van der Waals surface area contributed by atoms with E-state index in [9.17, 15) is 0 Å². The molecule has 1 aliphatic rings. The highest BCUT2D eigenvalue weighted by Crippen LogP contribution is 2.20. The van der Waals surface area contributed by atoms with E-state index in [0.717, 1.165) is 37.5 Å². The predicted molar refractivity (Wildman–Crippen MR) is 68.3 cm³/mol. The van der Waals surface area contributed by atoms with Crippen LogP contribution in [-0.2, 0) is 11.2 Å². The largest absolute Gasteiger partial charge is 0.382 e. The van der Waals surface area contributed by atoms with Gasteiger partial charge in [-0.2, -0.15) is 4.98 Å². The number of aromatic nitrogens is 2. The molecule has 2 rings (SSSR count). The Labute approximate surface area is 108 Å². The molecule has 1 aromatic rings. The Kier molecular flexibility index (Phi) is 5.13. The fourth-order valence-electron chi connectivity index (χ4n) is 2.20. The molecule has 18 heavy (non-hydrogen) atoms. The highest BCUT2D eigenvalue weighted by atomic mass is 16.5. The third-order valence-corrected chi connectivity index (χ3v) is 3.52. The summed E-state index contributed by atoms with van der Waals surface area (Å²) < 4.78 is 10.5. The smallest absolute Gasteiger partial charge is 0.226 e. The highest BCUT2D eigenvalue weighted by molar-refractivity contribution is 4.95. The van der Waals surface area contributed by atoms with Crippen molar-refractivity contribution in [2.75, 3.05) is 13.7 Å². The summed E-state index contributed by atoms with van der Waals surface area (Å²) in [7, 11) is 1.72. The molecule has 0 aromatic carbocycles. The minimum atomic E-state index is 0.233. The van der Waals surface area contributed by atoms with Gasteiger partial charge in [0.2, 0.25) is 5.89 Å². The van der Waals surface area contributed by atoms with Crippen molar-refractivity contribution >= 4 is 0 Å². The molecule has 1 N–H and O–H groups in total. The summed E-state index contributed by atoms with van der Waals surface area (Å²) in [6.07, 6.45) is 6.81. The molecule has 1 fully saturated rings. The maximum atomic E-state index is 5.30. The molecule has 5 nitrogen and oxygen atoms in total. The Bertz CT molecular complexity index is 346. The fraction of sp³-hybridized carbons (Fsp3) is 0.846. The molecular weight excluding hydrogens is 230 g/mol. The van der Waals surface area contributed by atoms with Crippen LogP contribution < -0.4 is 5.32 Å². The predicted octanol–water partition coefficient (Wildman–Crippen LogP) is 2.24. The van der Waals surface area contributed by atoms with E-state index in [4.69, 9.17) is 9.26 Å². The molecule has 102 valence electrons. The van der Waals surface area contributed by atoms with Crippen LogP contribution in [0, 0.1) is 0 Å². The molecule has 0 radical (unpaired) electrons. The van der Waals surface area contributed by atoms with Crippen LogP contribution in [-0.4, -0.2) is 29.9 Å². The second kappa shape index (κ2) is 6.85. The van der Waals surface area contributed by atoms with Gasteiger partial charge in [0.1, 0.15) is 0 Å². The lowest BCUT2D eigenvalue weighted by Gasteiger charge is -2.10. The van der Waals surface area contributed by atoms with Crippen LogP contribution in [0.5, 0.6) is 0 Å². The topological polar surface area (TPSA) is 60.2 Å². The number of hydrogen-bond donors (Lipinski definition) is 1. The lowest BCUT2D eigenvalue weighted by Crippen LogP contribution is -2.21. The summed E-state index contributed by atoms with van der Waals surface area (Å²) in [5.41, 5.74) is 0. The lowest BCUT2D eigenvalue weighted by atomic mass is 10.1. The minimum Gasteiger partial charge on any atom is -0.382 e.